The van der Waals surface area contributed by atoms with Crippen LogP contribution in [-0.2, 0) is 6.54 Å². The van der Waals surface area contributed by atoms with E-state index < -0.39 is 0 Å². The van der Waals surface area contributed by atoms with E-state index in [0.717, 1.165) is 36.7 Å². The topological polar surface area (TPSA) is 42.4 Å². The van der Waals surface area contributed by atoms with E-state index in [1.807, 2.05) is 13.0 Å². The van der Waals surface area contributed by atoms with Crippen LogP contribution < -0.4 is 0 Å². The highest BCUT2D eigenvalue weighted by atomic mass is 16.4. The molecule has 4 heteroatoms. The van der Waals surface area contributed by atoms with Crippen molar-refractivity contribution < 1.29 is 8.83 Å². The Balaban J connectivity index is 1.47. The van der Waals surface area contributed by atoms with Crippen molar-refractivity contribution >= 4 is 0 Å². The fourth-order valence-corrected chi connectivity index (χ4v) is 3.49. The zero-order valence-electron chi connectivity index (χ0n) is 13.9. The minimum absolute atomic E-state index is 0.612. The summed E-state index contributed by atoms with van der Waals surface area (Å²) < 4.78 is 10.9. The van der Waals surface area contributed by atoms with Gasteiger partial charge in [0.2, 0.25) is 5.89 Å². The maximum atomic E-state index is 5.81. The fraction of sp³-hybridized carbons (Fsp3) is 0.350. The summed E-state index contributed by atoms with van der Waals surface area (Å²) in [4.78, 5) is 7.17. The first kappa shape index (κ1) is 15.2. The highest BCUT2D eigenvalue weighted by Crippen LogP contribution is 2.29. The lowest BCUT2D eigenvalue weighted by atomic mass is 9.90. The van der Waals surface area contributed by atoms with Crippen molar-refractivity contribution in [2.75, 3.05) is 13.1 Å². The van der Waals surface area contributed by atoms with Crippen molar-refractivity contribution in [1.29, 1.82) is 0 Å². The monoisotopic (exact) mass is 322 g/mol. The van der Waals surface area contributed by atoms with E-state index in [1.165, 1.54) is 18.4 Å². The van der Waals surface area contributed by atoms with Gasteiger partial charge in [-0.1, -0.05) is 30.3 Å². The Morgan fingerprint density at radius 1 is 1.21 bits per heavy atom. The van der Waals surface area contributed by atoms with E-state index in [0.29, 0.717) is 11.8 Å². The zero-order valence-corrected chi connectivity index (χ0v) is 13.9. The minimum atomic E-state index is 0.612. The number of furan rings is 1. The molecule has 1 saturated heterocycles. The summed E-state index contributed by atoms with van der Waals surface area (Å²) in [7, 11) is 0. The van der Waals surface area contributed by atoms with Gasteiger partial charge in [-0.25, -0.2) is 4.98 Å². The first-order chi connectivity index (χ1) is 11.8. The van der Waals surface area contributed by atoms with Gasteiger partial charge in [0.15, 0.2) is 0 Å². The highest BCUT2D eigenvalue weighted by Gasteiger charge is 2.23. The second kappa shape index (κ2) is 6.65. The van der Waals surface area contributed by atoms with Crippen LogP contribution >= 0.6 is 0 Å². The first-order valence-electron chi connectivity index (χ1n) is 8.56. The van der Waals surface area contributed by atoms with E-state index >= 15 is 0 Å². The van der Waals surface area contributed by atoms with Gasteiger partial charge in [0.1, 0.15) is 12.0 Å². The molecule has 4 rings (SSSR count). The van der Waals surface area contributed by atoms with Crippen LogP contribution in [0.2, 0.25) is 0 Å². The number of aromatic nitrogens is 1. The van der Waals surface area contributed by atoms with Crippen LogP contribution in [0.15, 0.2) is 57.8 Å². The van der Waals surface area contributed by atoms with Gasteiger partial charge in [0, 0.05) is 13.1 Å². The quantitative estimate of drug-likeness (QED) is 0.703. The van der Waals surface area contributed by atoms with E-state index in [4.69, 9.17) is 8.83 Å². The van der Waals surface area contributed by atoms with Crippen LogP contribution in [-0.4, -0.2) is 23.0 Å². The van der Waals surface area contributed by atoms with Crippen molar-refractivity contribution in [3.63, 3.8) is 0 Å². The molecular formula is C20H22N2O2. The second-order valence-corrected chi connectivity index (χ2v) is 6.52. The molecule has 1 unspecified atom stereocenters. The van der Waals surface area contributed by atoms with Gasteiger partial charge in [-0.05, 0) is 43.9 Å². The van der Waals surface area contributed by atoms with Gasteiger partial charge in [-0.2, -0.15) is 0 Å². The Hall–Kier alpha value is -2.33. The van der Waals surface area contributed by atoms with Crippen LogP contribution in [0.4, 0.5) is 0 Å². The molecule has 1 fully saturated rings. The molecule has 0 aliphatic carbocycles. The van der Waals surface area contributed by atoms with Crippen molar-refractivity contribution in [2.24, 2.45) is 0 Å². The summed E-state index contributed by atoms with van der Waals surface area (Å²) in [6, 6.07) is 12.7. The van der Waals surface area contributed by atoms with Gasteiger partial charge in [-0.3, -0.25) is 4.90 Å². The molecular weight excluding hydrogens is 300 g/mol. The van der Waals surface area contributed by atoms with Crippen molar-refractivity contribution in [3.8, 4) is 11.5 Å². The molecule has 0 amide bonds. The number of hydrogen-bond acceptors (Lipinski definition) is 4. The van der Waals surface area contributed by atoms with Crippen LogP contribution in [0.3, 0.4) is 0 Å². The molecule has 0 saturated carbocycles. The third kappa shape index (κ3) is 3.15. The summed E-state index contributed by atoms with van der Waals surface area (Å²) in [5, 5.41) is 0. The molecule has 0 N–H and O–H groups in total. The Bertz CT molecular complexity index is 777. The largest absolute Gasteiger partial charge is 0.472 e. The number of nitrogens with zero attached hydrogens (tertiary/aromatic N) is 2. The maximum absolute atomic E-state index is 5.81. The highest BCUT2D eigenvalue weighted by molar-refractivity contribution is 5.51. The summed E-state index contributed by atoms with van der Waals surface area (Å²) in [6.45, 7) is 5.04. The molecule has 1 aromatic carbocycles. The molecule has 2 aromatic heterocycles. The SMILES string of the molecule is Cc1oc(-c2ccoc2)nc1CN1CCCC(c2ccccc2)C1. The number of aryl methyl sites for hydroxylation is 1. The standard InChI is InChI=1S/C20H22N2O2/c1-15-19(21-20(24-15)18-9-11-23-14-18)13-22-10-5-8-17(12-22)16-6-3-2-4-7-16/h2-4,6-7,9,11,14,17H,5,8,10,12-13H2,1H3. The van der Waals surface area contributed by atoms with Gasteiger partial charge in [0.05, 0.1) is 17.5 Å². The van der Waals surface area contributed by atoms with Crippen molar-refractivity contribution in [3.05, 3.63) is 65.9 Å². The molecule has 0 spiro atoms. The van der Waals surface area contributed by atoms with E-state index in [9.17, 15) is 0 Å². The third-order valence-corrected chi connectivity index (χ3v) is 4.81. The molecule has 3 aromatic rings. The molecule has 124 valence electrons. The average molecular weight is 322 g/mol. The molecule has 0 bridgehead atoms. The van der Waals surface area contributed by atoms with Gasteiger partial charge >= 0.3 is 0 Å². The van der Waals surface area contributed by atoms with Crippen molar-refractivity contribution in [2.45, 2.75) is 32.2 Å². The molecule has 24 heavy (non-hydrogen) atoms. The van der Waals surface area contributed by atoms with Crippen molar-refractivity contribution in [1.82, 2.24) is 9.88 Å². The molecule has 1 atom stereocenters. The Morgan fingerprint density at radius 3 is 2.88 bits per heavy atom. The molecule has 4 nitrogen and oxygen atoms in total. The Labute approximate surface area is 142 Å². The summed E-state index contributed by atoms with van der Waals surface area (Å²) in [5.74, 6) is 2.15. The normalized spacial score (nSPS) is 18.8. The average Bonchev–Trinajstić information content (AvgIpc) is 3.27. The first-order valence-corrected chi connectivity index (χ1v) is 8.56. The van der Waals surface area contributed by atoms with E-state index in [1.54, 1.807) is 12.5 Å². The Kier molecular flexibility index (Phi) is 4.22. The number of rotatable bonds is 4. The number of benzene rings is 1. The number of hydrogen-bond donors (Lipinski definition) is 0. The third-order valence-electron chi connectivity index (χ3n) is 4.81. The zero-order chi connectivity index (χ0) is 16.4. The lowest BCUT2D eigenvalue weighted by Gasteiger charge is -2.32. The molecule has 0 radical (unpaired) electrons. The molecule has 3 heterocycles. The van der Waals surface area contributed by atoms with Gasteiger partial charge in [0.25, 0.3) is 0 Å². The second-order valence-electron chi connectivity index (χ2n) is 6.52. The fourth-order valence-electron chi connectivity index (χ4n) is 3.49. The predicted molar refractivity (Wildman–Crippen MR) is 92.6 cm³/mol. The van der Waals surface area contributed by atoms with Gasteiger partial charge in [-0.15, -0.1) is 0 Å². The molecule has 1 aliphatic heterocycles. The summed E-state index contributed by atoms with van der Waals surface area (Å²) in [5.41, 5.74) is 3.36. The van der Waals surface area contributed by atoms with Crippen LogP contribution in [0.5, 0.6) is 0 Å². The van der Waals surface area contributed by atoms with Crippen LogP contribution in [0.25, 0.3) is 11.5 Å². The van der Waals surface area contributed by atoms with E-state index in [2.05, 4.69) is 40.2 Å². The molecule has 1 aliphatic rings. The number of piperidine rings is 1. The number of likely N-dealkylation sites (tertiary alicyclic amines) is 1. The predicted octanol–water partition coefficient (Wildman–Crippen LogP) is 4.62. The summed E-state index contributed by atoms with van der Waals surface area (Å²) >= 11 is 0. The number of oxazole rings is 1. The minimum Gasteiger partial charge on any atom is -0.472 e. The lowest BCUT2D eigenvalue weighted by Crippen LogP contribution is -2.34. The van der Waals surface area contributed by atoms with E-state index in [-0.39, 0.29) is 0 Å². The smallest absolute Gasteiger partial charge is 0.229 e. The maximum Gasteiger partial charge on any atom is 0.229 e. The lowest BCUT2D eigenvalue weighted by molar-refractivity contribution is 0.197. The van der Waals surface area contributed by atoms with Crippen LogP contribution in [0, 0.1) is 6.92 Å². The Morgan fingerprint density at radius 2 is 2.08 bits per heavy atom. The van der Waals surface area contributed by atoms with Gasteiger partial charge < -0.3 is 8.83 Å². The van der Waals surface area contributed by atoms with Crippen LogP contribution in [0.1, 0.15) is 35.8 Å². The summed E-state index contributed by atoms with van der Waals surface area (Å²) in [6.07, 6.45) is 5.80.